The van der Waals surface area contributed by atoms with E-state index in [1.165, 1.54) is 12.5 Å². The number of hydrogen-bond donors (Lipinski definition) is 1. The maximum absolute atomic E-state index is 13.5. The number of nitrogens with one attached hydrogen (secondary N) is 1. The molecule has 2 rings (SSSR count). The summed E-state index contributed by atoms with van der Waals surface area (Å²) < 4.78 is 13.5. The summed E-state index contributed by atoms with van der Waals surface area (Å²) in [6.45, 7) is 4.19. The van der Waals surface area contributed by atoms with E-state index in [0.717, 1.165) is 13.1 Å². The highest BCUT2D eigenvalue weighted by atomic mass is 19.1. The molecule has 0 radical (unpaired) electrons. The van der Waals surface area contributed by atoms with Gasteiger partial charge in [-0.05, 0) is 31.0 Å². The van der Waals surface area contributed by atoms with E-state index in [2.05, 4.69) is 12.2 Å². The number of benzene rings is 1. The number of anilines is 1. The fourth-order valence-electron chi connectivity index (χ4n) is 2.30. The van der Waals surface area contributed by atoms with Crippen LogP contribution in [0.1, 0.15) is 13.3 Å². The SMILES string of the molecule is CC1CCNC1CN(C)c1ccccc1F. The van der Waals surface area contributed by atoms with Crippen molar-refractivity contribution in [2.24, 2.45) is 5.92 Å². The molecular weight excluding hydrogens is 203 g/mol. The van der Waals surface area contributed by atoms with Crippen molar-refractivity contribution in [1.82, 2.24) is 5.32 Å². The molecule has 16 heavy (non-hydrogen) atoms. The monoisotopic (exact) mass is 222 g/mol. The lowest BCUT2D eigenvalue weighted by atomic mass is 10.0. The summed E-state index contributed by atoms with van der Waals surface area (Å²) in [4.78, 5) is 1.99. The number of hydrogen-bond acceptors (Lipinski definition) is 2. The van der Waals surface area contributed by atoms with Crippen LogP contribution in [-0.2, 0) is 0 Å². The molecule has 1 fully saturated rings. The summed E-state index contributed by atoms with van der Waals surface area (Å²) in [5, 5.41) is 3.46. The minimum atomic E-state index is -0.143. The second-order valence-corrected chi connectivity index (χ2v) is 4.66. The van der Waals surface area contributed by atoms with E-state index in [9.17, 15) is 4.39 Å². The lowest BCUT2D eigenvalue weighted by Crippen LogP contribution is -2.38. The number of rotatable bonds is 3. The molecule has 0 aromatic heterocycles. The molecule has 1 aromatic carbocycles. The summed E-state index contributed by atoms with van der Waals surface area (Å²) >= 11 is 0. The summed E-state index contributed by atoms with van der Waals surface area (Å²) in [5.74, 6) is 0.532. The molecule has 0 amide bonds. The van der Waals surface area contributed by atoms with Crippen molar-refractivity contribution in [2.75, 3.05) is 25.0 Å². The van der Waals surface area contributed by atoms with Gasteiger partial charge in [0.1, 0.15) is 5.82 Å². The molecule has 1 aliphatic heterocycles. The van der Waals surface area contributed by atoms with Crippen molar-refractivity contribution in [3.05, 3.63) is 30.1 Å². The van der Waals surface area contributed by atoms with Crippen LogP contribution < -0.4 is 10.2 Å². The first-order valence-corrected chi connectivity index (χ1v) is 5.87. The van der Waals surface area contributed by atoms with E-state index in [4.69, 9.17) is 0 Å². The van der Waals surface area contributed by atoms with E-state index >= 15 is 0 Å². The Morgan fingerprint density at radius 1 is 1.44 bits per heavy atom. The molecule has 2 nitrogen and oxygen atoms in total. The highest BCUT2D eigenvalue weighted by Gasteiger charge is 2.24. The van der Waals surface area contributed by atoms with Crippen molar-refractivity contribution in [2.45, 2.75) is 19.4 Å². The largest absolute Gasteiger partial charge is 0.371 e. The zero-order valence-electron chi connectivity index (χ0n) is 9.91. The molecular formula is C13H19FN2. The smallest absolute Gasteiger partial charge is 0.146 e. The van der Waals surface area contributed by atoms with Gasteiger partial charge in [0, 0.05) is 19.6 Å². The number of nitrogens with zero attached hydrogens (tertiary/aromatic N) is 1. The molecule has 1 saturated heterocycles. The summed E-state index contributed by atoms with van der Waals surface area (Å²) in [6.07, 6.45) is 1.22. The van der Waals surface area contributed by atoms with Crippen LogP contribution in [0.15, 0.2) is 24.3 Å². The summed E-state index contributed by atoms with van der Waals surface area (Å²) in [7, 11) is 1.95. The zero-order chi connectivity index (χ0) is 11.5. The Balaban J connectivity index is 2.03. The lowest BCUT2D eigenvalue weighted by Gasteiger charge is -2.25. The molecule has 2 atom stereocenters. The Labute approximate surface area is 96.5 Å². The minimum Gasteiger partial charge on any atom is -0.371 e. The molecule has 1 aromatic rings. The van der Waals surface area contributed by atoms with E-state index in [-0.39, 0.29) is 5.82 Å². The maximum Gasteiger partial charge on any atom is 0.146 e. The molecule has 2 unspecified atom stereocenters. The van der Waals surface area contributed by atoms with Crippen LogP contribution in [0.2, 0.25) is 0 Å². The second-order valence-electron chi connectivity index (χ2n) is 4.66. The van der Waals surface area contributed by atoms with Crippen molar-refractivity contribution in [3.8, 4) is 0 Å². The van der Waals surface area contributed by atoms with E-state index in [1.54, 1.807) is 6.07 Å². The predicted molar refractivity (Wildman–Crippen MR) is 65.2 cm³/mol. The maximum atomic E-state index is 13.5. The molecule has 0 bridgehead atoms. The van der Waals surface area contributed by atoms with Gasteiger partial charge in [-0.2, -0.15) is 0 Å². The van der Waals surface area contributed by atoms with Crippen LogP contribution in [0.3, 0.4) is 0 Å². The lowest BCUT2D eigenvalue weighted by molar-refractivity contribution is 0.480. The quantitative estimate of drug-likeness (QED) is 0.844. The van der Waals surface area contributed by atoms with Crippen LogP contribution >= 0.6 is 0 Å². The van der Waals surface area contributed by atoms with Crippen molar-refractivity contribution >= 4 is 5.69 Å². The first-order valence-electron chi connectivity index (χ1n) is 5.87. The molecule has 1 N–H and O–H groups in total. The zero-order valence-corrected chi connectivity index (χ0v) is 9.91. The Morgan fingerprint density at radius 3 is 2.81 bits per heavy atom. The van der Waals surface area contributed by atoms with Gasteiger partial charge in [-0.1, -0.05) is 19.1 Å². The normalized spacial score (nSPS) is 24.7. The van der Waals surface area contributed by atoms with Gasteiger partial charge in [-0.3, -0.25) is 0 Å². The van der Waals surface area contributed by atoms with Gasteiger partial charge in [-0.15, -0.1) is 0 Å². The average molecular weight is 222 g/mol. The van der Waals surface area contributed by atoms with E-state index < -0.39 is 0 Å². The molecule has 0 aliphatic carbocycles. The summed E-state index contributed by atoms with van der Waals surface area (Å²) in [5.41, 5.74) is 0.684. The highest BCUT2D eigenvalue weighted by Crippen LogP contribution is 2.20. The summed E-state index contributed by atoms with van der Waals surface area (Å²) in [6, 6.07) is 7.42. The van der Waals surface area contributed by atoms with Crippen LogP contribution in [0.5, 0.6) is 0 Å². The van der Waals surface area contributed by atoms with Crippen LogP contribution in [-0.4, -0.2) is 26.2 Å². The Kier molecular flexibility index (Phi) is 3.44. The molecule has 3 heteroatoms. The van der Waals surface area contributed by atoms with Gasteiger partial charge < -0.3 is 10.2 Å². The van der Waals surface area contributed by atoms with Gasteiger partial charge in [-0.25, -0.2) is 4.39 Å². The van der Waals surface area contributed by atoms with Crippen LogP contribution in [0.4, 0.5) is 10.1 Å². The van der Waals surface area contributed by atoms with Gasteiger partial charge in [0.05, 0.1) is 5.69 Å². The first-order chi connectivity index (χ1) is 7.68. The molecule has 0 saturated carbocycles. The van der Waals surface area contributed by atoms with Crippen molar-refractivity contribution in [3.63, 3.8) is 0 Å². The molecule has 1 heterocycles. The van der Waals surface area contributed by atoms with Gasteiger partial charge in [0.2, 0.25) is 0 Å². The van der Waals surface area contributed by atoms with Crippen LogP contribution in [0.25, 0.3) is 0 Å². The third kappa shape index (κ3) is 2.35. The average Bonchev–Trinajstić information content (AvgIpc) is 2.65. The van der Waals surface area contributed by atoms with Crippen LogP contribution in [0, 0.1) is 11.7 Å². The van der Waals surface area contributed by atoms with Gasteiger partial charge >= 0.3 is 0 Å². The fraction of sp³-hybridized carbons (Fsp3) is 0.538. The Morgan fingerprint density at radius 2 is 2.19 bits per heavy atom. The Hall–Kier alpha value is -1.09. The molecule has 1 aliphatic rings. The van der Waals surface area contributed by atoms with Crippen molar-refractivity contribution < 1.29 is 4.39 Å². The van der Waals surface area contributed by atoms with Gasteiger partial charge in [0.25, 0.3) is 0 Å². The molecule has 0 spiro atoms. The fourth-order valence-corrected chi connectivity index (χ4v) is 2.30. The van der Waals surface area contributed by atoms with E-state index in [0.29, 0.717) is 17.6 Å². The topological polar surface area (TPSA) is 15.3 Å². The standard InChI is InChI=1S/C13H19FN2/c1-10-7-8-15-12(10)9-16(2)13-6-4-3-5-11(13)14/h3-6,10,12,15H,7-9H2,1-2H3. The number of likely N-dealkylation sites (N-methyl/N-ethyl adjacent to an activating group) is 1. The predicted octanol–water partition coefficient (Wildman–Crippen LogP) is 2.26. The van der Waals surface area contributed by atoms with Gasteiger partial charge in [0.15, 0.2) is 0 Å². The number of halogens is 1. The third-order valence-corrected chi connectivity index (χ3v) is 3.43. The first kappa shape index (κ1) is 11.4. The third-order valence-electron chi connectivity index (χ3n) is 3.43. The van der Waals surface area contributed by atoms with E-state index in [1.807, 2.05) is 24.1 Å². The highest BCUT2D eigenvalue weighted by molar-refractivity contribution is 5.46. The minimum absolute atomic E-state index is 0.143. The molecule has 88 valence electrons. The Bertz CT molecular complexity index is 354. The van der Waals surface area contributed by atoms with Crippen molar-refractivity contribution in [1.29, 1.82) is 0 Å². The second kappa shape index (κ2) is 4.83. The number of para-hydroxylation sites is 1.